The second-order valence-electron chi connectivity index (χ2n) is 5.31. The maximum Gasteiger partial charge on any atom is 0.387 e. The molecule has 1 saturated heterocycles. The normalized spacial score (nSPS) is 15.4. The molecule has 1 N–H and O–H groups in total. The van der Waals surface area contributed by atoms with Crippen LogP contribution in [0.2, 0.25) is 5.02 Å². The van der Waals surface area contributed by atoms with Crippen LogP contribution in [0.1, 0.15) is 23.2 Å². The highest BCUT2D eigenvalue weighted by molar-refractivity contribution is 6.31. The van der Waals surface area contributed by atoms with E-state index >= 15 is 0 Å². The minimum absolute atomic E-state index is 0. The third-order valence-corrected chi connectivity index (χ3v) is 4.02. The minimum Gasteiger partial charge on any atom is -0.434 e. The van der Waals surface area contributed by atoms with E-state index < -0.39 is 6.61 Å². The van der Waals surface area contributed by atoms with Gasteiger partial charge in [0.05, 0.1) is 5.56 Å². The van der Waals surface area contributed by atoms with Gasteiger partial charge in [0.2, 0.25) is 0 Å². The van der Waals surface area contributed by atoms with E-state index in [0.717, 1.165) is 19.4 Å². The van der Waals surface area contributed by atoms with Crippen LogP contribution in [0.15, 0.2) is 18.2 Å². The number of halogens is 4. The number of amides is 1. The van der Waals surface area contributed by atoms with Gasteiger partial charge in [-0.25, -0.2) is 0 Å². The number of carbonyl (C=O) groups is 1. The number of hydrogen-bond acceptors (Lipinski definition) is 3. The molecule has 1 heterocycles. The third-order valence-electron chi connectivity index (χ3n) is 3.78. The molecular weight excluding hydrogens is 349 g/mol. The van der Waals surface area contributed by atoms with Crippen molar-refractivity contribution in [3.8, 4) is 5.75 Å². The second-order valence-corrected chi connectivity index (χ2v) is 5.75. The lowest BCUT2D eigenvalue weighted by atomic mass is 9.96. The van der Waals surface area contributed by atoms with Crippen LogP contribution in [0.3, 0.4) is 0 Å². The molecule has 130 valence electrons. The quantitative estimate of drug-likeness (QED) is 0.865. The fourth-order valence-electron chi connectivity index (χ4n) is 2.67. The van der Waals surface area contributed by atoms with E-state index in [4.69, 9.17) is 11.6 Å². The standard InChI is InChI=1S/C15H19ClF2N2O2.ClH/c1-19-9-10-4-6-20(7-5-10)14(21)12-8-11(16)2-3-13(12)22-15(17)18;/h2-3,8,10,15,19H,4-7,9H2,1H3;1H. The molecule has 0 aliphatic carbocycles. The summed E-state index contributed by atoms with van der Waals surface area (Å²) in [5.41, 5.74) is 0.0832. The Hall–Kier alpha value is -1.11. The van der Waals surface area contributed by atoms with Crippen molar-refractivity contribution >= 4 is 29.9 Å². The van der Waals surface area contributed by atoms with Crippen LogP contribution in [0, 0.1) is 5.92 Å². The van der Waals surface area contributed by atoms with Gasteiger partial charge >= 0.3 is 6.61 Å². The fraction of sp³-hybridized carbons (Fsp3) is 0.533. The van der Waals surface area contributed by atoms with Crippen molar-refractivity contribution in [2.24, 2.45) is 5.92 Å². The Bertz CT molecular complexity index is 524. The molecule has 0 unspecified atom stereocenters. The average Bonchev–Trinajstić information content (AvgIpc) is 2.49. The van der Waals surface area contributed by atoms with Gasteiger partial charge in [-0.3, -0.25) is 4.79 Å². The van der Waals surface area contributed by atoms with Crippen molar-refractivity contribution in [1.29, 1.82) is 0 Å². The Labute approximate surface area is 145 Å². The van der Waals surface area contributed by atoms with Crippen molar-refractivity contribution in [3.05, 3.63) is 28.8 Å². The van der Waals surface area contributed by atoms with Crippen LogP contribution in [-0.4, -0.2) is 44.1 Å². The topological polar surface area (TPSA) is 41.6 Å². The molecule has 1 aromatic rings. The molecule has 0 aromatic heterocycles. The van der Waals surface area contributed by atoms with Gasteiger partial charge < -0.3 is 15.0 Å². The number of ether oxygens (including phenoxy) is 1. The molecule has 0 bridgehead atoms. The molecule has 0 saturated carbocycles. The van der Waals surface area contributed by atoms with Crippen LogP contribution in [0.5, 0.6) is 5.75 Å². The molecule has 1 amide bonds. The van der Waals surface area contributed by atoms with Crippen molar-refractivity contribution in [1.82, 2.24) is 10.2 Å². The van der Waals surface area contributed by atoms with Crippen LogP contribution < -0.4 is 10.1 Å². The van der Waals surface area contributed by atoms with Crippen molar-refractivity contribution in [2.45, 2.75) is 19.5 Å². The number of rotatable bonds is 5. The molecule has 1 fully saturated rings. The van der Waals surface area contributed by atoms with Crippen molar-refractivity contribution in [2.75, 3.05) is 26.7 Å². The van der Waals surface area contributed by atoms with Gasteiger partial charge in [0, 0.05) is 18.1 Å². The Kier molecular flexibility index (Phi) is 8.02. The van der Waals surface area contributed by atoms with Gasteiger partial charge in [-0.15, -0.1) is 12.4 Å². The van der Waals surface area contributed by atoms with Gasteiger partial charge in [0.15, 0.2) is 0 Å². The van der Waals surface area contributed by atoms with E-state index in [-0.39, 0.29) is 29.6 Å². The zero-order chi connectivity index (χ0) is 16.1. The molecule has 1 aromatic carbocycles. The van der Waals surface area contributed by atoms with E-state index in [1.54, 1.807) is 4.90 Å². The zero-order valence-corrected chi connectivity index (χ0v) is 14.3. The molecule has 23 heavy (non-hydrogen) atoms. The summed E-state index contributed by atoms with van der Waals surface area (Å²) in [7, 11) is 1.90. The fourth-order valence-corrected chi connectivity index (χ4v) is 2.84. The van der Waals surface area contributed by atoms with Gasteiger partial charge in [-0.1, -0.05) is 11.6 Å². The summed E-state index contributed by atoms with van der Waals surface area (Å²) in [4.78, 5) is 14.2. The first kappa shape index (κ1) is 19.9. The lowest BCUT2D eigenvalue weighted by Crippen LogP contribution is -2.40. The molecule has 2 rings (SSSR count). The first-order chi connectivity index (χ1) is 10.5. The number of nitrogens with one attached hydrogen (secondary N) is 1. The molecular formula is C15H20Cl2F2N2O2. The summed E-state index contributed by atoms with van der Waals surface area (Å²) in [6.07, 6.45) is 1.77. The molecule has 1 aliphatic heterocycles. The van der Waals surface area contributed by atoms with Crippen molar-refractivity contribution < 1.29 is 18.3 Å². The molecule has 8 heteroatoms. The summed E-state index contributed by atoms with van der Waals surface area (Å²) in [5, 5.41) is 3.44. The van der Waals surface area contributed by atoms with Gasteiger partial charge in [0.25, 0.3) is 5.91 Å². The van der Waals surface area contributed by atoms with E-state index in [9.17, 15) is 13.6 Å². The van der Waals surface area contributed by atoms with Crippen molar-refractivity contribution in [3.63, 3.8) is 0 Å². The third kappa shape index (κ3) is 5.48. The number of carbonyl (C=O) groups excluding carboxylic acids is 1. The summed E-state index contributed by atoms with van der Waals surface area (Å²) in [6, 6.07) is 4.10. The predicted octanol–water partition coefficient (Wildman–Crippen LogP) is 3.43. The Morgan fingerprint density at radius 1 is 1.43 bits per heavy atom. The zero-order valence-electron chi connectivity index (χ0n) is 12.7. The van der Waals surface area contributed by atoms with Crippen LogP contribution in [0.25, 0.3) is 0 Å². The summed E-state index contributed by atoms with van der Waals surface area (Å²) >= 11 is 5.88. The Morgan fingerprint density at radius 2 is 2.09 bits per heavy atom. The maximum atomic E-state index is 12.5. The smallest absolute Gasteiger partial charge is 0.387 e. The molecule has 1 aliphatic rings. The highest BCUT2D eigenvalue weighted by Gasteiger charge is 2.26. The summed E-state index contributed by atoms with van der Waals surface area (Å²) in [5.74, 6) is 0.0769. The highest BCUT2D eigenvalue weighted by Crippen LogP contribution is 2.27. The second kappa shape index (κ2) is 9.25. The maximum absolute atomic E-state index is 12.5. The summed E-state index contributed by atoms with van der Waals surface area (Å²) in [6.45, 7) is -0.856. The molecule has 0 atom stereocenters. The number of piperidine rings is 1. The number of benzene rings is 1. The minimum atomic E-state index is -2.98. The number of alkyl halides is 2. The highest BCUT2D eigenvalue weighted by atomic mass is 35.5. The number of nitrogens with zero attached hydrogens (tertiary/aromatic N) is 1. The van der Waals surface area contributed by atoms with E-state index in [2.05, 4.69) is 10.1 Å². The van der Waals surface area contributed by atoms with Gasteiger partial charge in [-0.2, -0.15) is 8.78 Å². The molecule has 0 radical (unpaired) electrons. The monoisotopic (exact) mass is 368 g/mol. The molecule has 4 nitrogen and oxygen atoms in total. The summed E-state index contributed by atoms with van der Waals surface area (Å²) < 4.78 is 29.3. The van der Waals surface area contributed by atoms with Gasteiger partial charge in [0.1, 0.15) is 5.75 Å². The largest absolute Gasteiger partial charge is 0.434 e. The van der Waals surface area contributed by atoms with Gasteiger partial charge in [-0.05, 0) is 50.6 Å². The Balaban J connectivity index is 0.00000264. The van der Waals surface area contributed by atoms with Crippen LogP contribution in [-0.2, 0) is 0 Å². The Morgan fingerprint density at radius 3 is 2.65 bits per heavy atom. The van der Waals surface area contributed by atoms with Crippen LogP contribution in [0.4, 0.5) is 8.78 Å². The lowest BCUT2D eigenvalue weighted by molar-refractivity contribution is -0.0503. The molecule has 0 spiro atoms. The SMILES string of the molecule is CNCC1CCN(C(=O)c2cc(Cl)ccc2OC(F)F)CC1.Cl. The van der Waals surface area contributed by atoms with Crippen LogP contribution >= 0.6 is 24.0 Å². The first-order valence-electron chi connectivity index (χ1n) is 7.19. The van der Waals surface area contributed by atoms with E-state index in [1.165, 1.54) is 18.2 Å². The number of hydrogen-bond donors (Lipinski definition) is 1. The average molecular weight is 369 g/mol. The number of likely N-dealkylation sites (tertiary alicyclic amines) is 1. The predicted molar refractivity (Wildman–Crippen MR) is 87.9 cm³/mol. The lowest BCUT2D eigenvalue weighted by Gasteiger charge is -2.32. The van der Waals surface area contributed by atoms with E-state index in [0.29, 0.717) is 24.0 Å². The first-order valence-corrected chi connectivity index (χ1v) is 7.57. The van der Waals surface area contributed by atoms with E-state index in [1.807, 2.05) is 7.05 Å².